The summed E-state index contributed by atoms with van der Waals surface area (Å²) in [6.45, 7) is 5.96. The number of hydrogen-bond donors (Lipinski definition) is 2. The summed E-state index contributed by atoms with van der Waals surface area (Å²) in [6.07, 6.45) is 23.0. The van der Waals surface area contributed by atoms with E-state index in [0.717, 1.165) is 19.3 Å². The minimum Gasteiger partial charge on any atom is -0.481 e. The monoisotopic (exact) mass is 474 g/mol. The van der Waals surface area contributed by atoms with Crippen LogP contribution in [0.15, 0.2) is 0 Å². The van der Waals surface area contributed by atoms with Crippen LogP contribution in [0.5, 0.6) is 0 Å². The van der Waals surface area contributed by atoms with Gasteiger partial charge in [0.2, 0.25) is 0 Å². The van der Waals surface area contributed by atoms with E-state index in [1.807, 2.05) is 13.8 Å². The standard InChI is InChI=1S/C19H38O2.2C4H8O2/c1-3-4-5-6-7-8-9-10-11-12-13-14-15-16-17-18-19(20)21-2;2*1-2-3-4(5)6/h3-18H2,1-2H3;2*2-3H2,1H3,(H,5,6). The third-order valence-electron chi connectivity index (χ3n) is 5.14. The van der Waals surface area contributed by atoms with Crippen molar-refractivity contribution >= 4 is 17.9 Å². The molecule has 0 aromatic rings. The van der Waals surface area contributed by atoms with Gasteiger partial charge in [-0.2, -0.15) is 0 Å². The summed E-state index contributed by atoms with van der Waals surface area (Å²) in [6, 6.07) is 0. The van der Waals surface area contributed by atoms with Gasteiger partial charge < -0.3 is 14.9 Å². The minimum absolute atomic E-state index is 0.0651. The number of carbonyl (C=O) groups is 3. The zero-order valence-corrected chi connectivity index (χ0v) is 22.2. The molecule has 0 aliphatic heterocycles. The fraction of sp³-hybridized carbons (Fsp3) is 0.889. The molecule has 0 heterocycles. The van der Waals surface area contributed by atoms with Gasteiger partial charge in [-0.1, -0.05) is 111 Å². The molecule has 33 heavy (non-hydrogen) atoms. The molecular weight excluding hydrogens is 420 g/mol. The van der Waals surface area contributed by atoms with Crippen LogP contribution in [0.25, 0.3) is 0 Å². The van der Waals surface area contributed by atoms with Crippen molar-refractivity contribution in [3.8, 4) is 0 Å². The molecule has 0 bridgehead atoms. The van der Waals surface area contributed by atoms with Crippen LogP contribution in [0.2, 0.25) is 0 Å². The SMILES string of the molecule is CCCC(=O)O.CCCC(=O)O.CCCCCCCCCCCCCCCCCC(=O)OC. The Bertz CT molecular complexity index is 407. The molecule has 0 unspecified atom stereocenters. The van der Waals surface area contributed by atoms with Crippen LogP contribution in [0.1, 0.15) is 149 Å². The summed E-state index contributed by atoms with van der Waals surface area (Å²) in [4.78, 5) is 30.1. The van der Waals surface area contributed by atoms with Crippen molar-refractivity contribution in [1.82, 2.24) is 0 Å². The summed E-state index contributed by atoms with van der Waals surface area (Å²) < 4.78 is 4.63. The first kappa shape index (κ1) is 36.0. The summed E-state index contributed by atoms with van der Waals surface area (Å²) in [5.74, 6) is -1.49. The molecule has 6 heteroatoms. The highest BCUT2D eigenvalue weighted by molar-refractivity contribution is 5.69. The van der Waals surface area contributed by atoms with Crippen LogP contribution in [0, 0.1) is 0 Å². The predicted molar refractivity (Wildman–Crippen MR) is 137 cm³/mol. The Morgan fingerprint density at radius 1 is 0.485 bits per heavy atom. The number of unbranched alkanes of at least 4 members (excludes halogenated alkanes) is 14. The maximum absolute atomic E-state index is 10.9. The van der Waals surface area contributed by atoms with E-state index < -0.39 is 11.9 Å². The average Bonchev–Trinajstić information content (AvgIpc) is 2.77. The number of aliphatic carboxylic acids is 2. The molecule has 198 valence electrons. The third kappa shape index (κ3) is 44.8. The van der Waals surface area contributed by atoms with Gasteiger partial charge in [-0.3, -0.25) is 14.4 Å². The molecule has 0 aromatic carbocycles. The highest BCUT2D eigenvalue weighted by Gasteiger charge is 1.99. The zero-order chi connectivity index (χ0) is 25.6. The lowest BCUT2D eigenvalue weighted by Gasteiger charge is -2.03. The van der Waals surface area contributed by atoms with Crippen LogP contribution in [0.3, 0.4) is 0 Å². The highest BCUT2D eigenvalue weighted by atomic mass is 16.5. The summed E-state index contributed by atoms with van der Waals surface area (Å²) >= 11 is 0. The second-order valence-electron chi connectivity index (χ2n) is 8.56. The number of rotatable bonds is 20. The third-order valence-corrected chi connectivity index (χ3v) is 5.14. The van der Waals surface area contributed by atoms with E-state index >= 15 is 0 Å². The lowest BCUT2D eigenvalue weighted by Crippen LogP contribution is -1.99. The van der Waals surface area contributed by atoms with E-state index in [0.29, 0.717) is 19.3 Å². The van der Waals surface area contributed by atoms with Crippen molar-refractivity contribution in [1.29, 1.82) is 0 Å². The van der Waals surface area contributed by atoms with Crippen LogP contribution in [-0.2, 0) is 19.1 Å². The van der Waals surface area contributed by atoms with Crippen molar-refractivity contribution < 1.29 is 29.3 Å². The van der Waals surface area contributed by atoms with Crippen molar-refractivity contribution in [2.45, 2.75) is 149 Å². The molecule has 2 N–H and O–H groups in total. The molecule has 0 saturated heterocycles. The van der Waals surface area contributed by atoms with Crippen molar-refractivity contribution in [3.05, 3.63) is 0 Å². The van der Waals surface area contributed by atoms with Gasteiger partial charge >= 0.3 is 17.9 Å². The molecule has 0 radical (unpaired) electrons. The van der Waals surface area contributed by atoms with Crippen LogP contribution in [0.4, 0.5) is 0 Å². The van der Waals surface area contributed by atoms with E-state index in [9.17, 15) is 14.4 Å². The smallest absolute Gasteiger partial charge is 0.305 e. The van der Waals surface area contributed by atoms with E-state index in [-0.39, 0.29) is 5.97 Å². The number of methoxy groups -OCH3 is 1. The topological polar surface area (TPSA) is 101 Å². The van der Waals surface area contributed by atoms with Gasteiger partial charge in [-0.15, -0.1) is 0 Å². The van der Waals surface area contributed by atoms with E-state index in [4.69, 9.17) is 10.2 Å². The first-order chi connectivity index (χ1) is 15.8. The van der Waals surface area contributed by atoms with Crippen LogP contribution in [-0.4, -0.2) is 35.2 Å². The second-order valence-corrected chi connectivity index (χ2v) is 8.56. The number of hydrogen-bond acceptors (Lipinski definition) is 4. The molecular formula is C27H54O6. The van der Waals surface area contributed by atoms with E-state index in [2.05, 4.69) is 11.7 Å². The number of carboxylic acids is 2. The zero-order valence-electron chi connectivity index (χ0n) is 22.2. The van der Waals surface area contributed by atoms with Gasteiger partial charge in [0.1, 0.15) is 0 Å². The Morgan fingerprint density at radius 2 is 0.788 bits per heavy atom. The van der Waals surface area contributed by atoms with Crippen molar-refractivity contribution in [2.75, 3.05) is 7.11 Å². The second kappa shape index (κ2) is 32.6. The number of carboxylic acid groups (broad SMARTS) is 2. The molecule has 0 aromatic heterocycles. The fourth-order valence-electron chi connectivity index (χ4n) is 3.17. The van der Waals surface area contributed by atoms with Gasteiger partial charge in [-0.05, 0) is 19.3 Å². The lowest BCUT2D eigenvalue weighted by molar-refractivity contribution is -0.141. The molecule has 0 aliphatic rings. The summed E-state index contributed by atoms with van der Waals surface area (Å²) in [5.41, 5.74) is 0. The van der Waals surface area contributed by atoms with Crippen LogP contribution >= 0.6 is 0 Å². The largest absolute Gasteiger partial charge is 0.481 e. The van der Waals surface area contributed by atoms with Gasteiger partial charge in [0.15, 0.2) is 0 Å². The Labute approximate surface area is 203 Å². The Morgan fingerprint density at radius 3 is 1.00 bits per heavy atom. The van der Waals surface area contributed by atoms with Gasteiger partial charge in [0, 0.05) is 19.3 Å². The van der Waals surface area contributed by atoms with Gasteiger partial charge in [-0.25, -0.2) is 0 Å². The van der Waals surface area contributed by atoms with E-state index in [1.165, 1.54) is 97.0 Å². The van der Waals surface area contributed by atoms with Crippen molar-refractivity contribution in [2.24, 2.45) is 0 Å². The lowest BCUT2D eigenvalue weighted by atomic mass is 10.0. The first-order valence-corrected chi connectivity index (χ1v) is 13.4. The molecule has 6 nitrogen and oxygen atoms in total. The van der Waals surface area contributed by atoms with Crippen LogP contribution < -0.4 is 0 Å². The number of ether oxygens (including phenoxy) is 1. The molecule has 0 aliphatic carbocycles. The summed E-state index contributed by atoms with van der Waals surface area (Å²) in [7, 11) is 1.47. The Balaban J connectivity index is -0.000000611. The van der Waals surface area contributed by atoms with Gasteiger partial charge in [0.05, 0.1) is 7.11 Å². The summed E-state index contributed by atoms with van der Waals surface area (Å²) in [5, 5.41) is 15.8. The maximum Gasteiger partial charge on any atom is 0.305 e. The minimum atomic E-state index is -0.711. The normalized spacial score (nSPS) is 9.82. The molecule has 0 fully saturated rings. The molecule has 0 amide bonds. The van der Waals surface area contributed by atoms with Gasteiger partial charge in [0.25, 0.3) is 0 Å². The molecule has 0 atom stereocenters. The molecule has 0 saturated carbocycles. The molecule has 0 rings (SSSR count). The average molecular weight is 475 g/mol. The first-order valence-electron chi connectivity index (χ1n) is 13.4. The van der Waals surface area contributed by atoms with Crippen molar-refractivity contribution in [3.63, 3.8) is 0 Å². The number of esters is 1. The maximum atomic E-state index is 10.9. The highest BCUT2D eigenvalue weighted by Crippen LogP contribution is 2.13. The molecule has 0 spiro atoms. The Kier molecular flexibility index (Phi) is 35.5. The Hall–Kier alpha value is -1.59. The predicted octanol–water partition coefficient (Wildman–Crippen LogP) is 8.16. The quantitative estimate of drug-likeness (QED) is 0.136. The fourth-order valence-corrected chi connectivity index (χ4v) is 3.17. The number of carbonyl (C=O) groups excluding carboxylic acids is 1. The van der Waals surface area contributed by atoms with E-state index in [1.54, 1.807) is 0 Å².